The van der Waals surface area contributed by atoms with Crippen LogP contribution in [0.25, 0.3) is 32.7 Å². The molecule has 1 N–H and O–H groups in total. The molecule has 0 bridgehead atoms. The Morgan fingerprint density at radius 1 is 0.605 bits per heavy atom. The van der Waals surface area contributed by atoms with Crippen LogP contribution in [-0.4, -0.2) is 17.9 Å². The maximum absolute atomic E-state index is 14.0. The SMILES string of the molecule is O=C(c1ccc(-c2ccccc2)cc1)c1c(NC(=O)C(F)(F)F)sc(-c2ccccc2)c1-c1ccccc1. The molecule has 1 heterocycles. The Hall–Kier alpha value is -4.49. The highest BCUT2D eigenvalue weighted by Gasteiger charge is 2.40. The molecule has 0 aliphatic carbocycles. The highest BCUT2D eigenvalue weighted by Crippen LogP contribution is 2.47. The fourth-order valence-electron chi connectivity index (χ4n) is 4.17. The Morgan fingerprint density at radius 2 is 1.08 bits per heavy atom. The van der Waals surface area contributed by atoms with Gasteiger partial charge in [0.1, 0.15) is 5.00 Å². The first-order valence-electron chi connectivity index (χ1n) is 11.7. The summed E-state index contributed by atoms with van der Waals surface area (Å²) >= 11 is 0.949. The third-order valence-corrected chi connectivity index (χ3v) is 7.13. The van der Waals surface area contributed by atoms with E-state index < -0.39 is 17.9 Å². The van der Waals surface area contributed by atoms with Crippen molar-refractivity contribution in [2.75, 3.05) is 5.32 Å². The van der Waals surface area contributed by atoms with Crippen LogP contribution in [0.5, 0.6) is 0 Å². The molecule has 0 atom stereocenters. The van der Waals surface area contributed by atoms with Crippen LogP contribution in [-0.2, 0) is 4.79 Å². The summed E-state index contributed by atoms with van der Waals surface area (Å²) in [5, 5.41) is 1.82. The highest BCUT2D eigenvalue weighted by atomic mass is 32.1. The summed E-state index contributed by atoms with van der Waals surface area (Å²) in [5.41, 5.74) is 4.02. The van der Waals surface area contributed by atoms with E-state index in [9.17, 15) is 22.8 Å². The predicted octanol–water partition coefficient (Wildman–Crippen LogP) is 8.48. The second-order valence-electron chi connectivity index (χ2n) is 8.47. The van der Waals surface area contributed by atoms with Crippen molar-refractivity contribution in [1.29, 1.82) is 0 Å². The molecule has 0 saturated carbocycles. The first-order valence-corrected chi connectivity index (χ1v) is 12.5. The van der Waals surface area contributed by atoms with E-state index in [2.05, 4.69) is 0 Å². The molecule has 1 amide bonds. The van der Waals surface area contributed by atoms with Gasteiger partial charge in [0, 0.05) is 16.0 Å². The quantitative estimate of drug-likeness (QED) is 0.225. The molecule has 5 rings (SSSR count). The molecule has 0 saturated heterocycles. The molecule has 4 aromatic carbocycles. The van der Waals surface area contributed by atoms with E-state index in [1.165, 1.54) is 0 Å². The van der Waals surface area contributed by atoms with E-state index in [1.807, 2.05) is 72.0 Å². The molecule has 7 heteroatoms. The zero-order chi connectivity index (χ0) is 26.7. The van der Waals surface area contributed by atoms with E-state index in [4.69, 9.17) is 0 Å². The van der Waals surface area contributed by atoms with Gasteiger partial charge in [-0.15, -0.1) is 11.3 Å². The van der Waals surface area contributed by atoms with Gasteiger partial charge in [-0.3, -0.25) is 9.59 Å². The largest absolute Gasteiger partial charge is 0.471 e. The third-order valence-electron chi connectivity index (χ3n) is 5.97. The van der Waals surface area contributed by atoms with Crippen molar-refractivity contribution in [3.05, 3.63) is 126 Å². The fraction of sp³-hybridized carbons (Fsp3) is 0.0323. The lowest BCUT2D eigenvalue weighted by Crippen LogP contribution is -2.30. The number of halogens is 3. The number of benzene rings is 4. The van der Waals surface area contributed by atoms with Gasteiger partial charge in [-0.25, -0.2) is 0 Å². The van der Waals surface area contributed by atoms with Crippen molar-refractivity contribution in [2.24, 2.45) is 0 Å². The first kappa shape index (κ1) is 25.2. The van der Waals surface area contributed by atoms with Gasteiger partial charge in [0.2, 0.25) is 0 Å². The normalized spacial score (nSPS) is 11.2. The van der Waals surface area contributed by atoms with E-state index in [0.29, 0.717) is 21.6 Å². The minimum atomic E-state index is -5.11. The molecule has 0 aliphatic rings. The van der Waals surface area contributed by atoms with Crippen LogP contribution in [0.3, 0.4) is 0 Å². The molecule has 1 aromatic heterocycles. The van der Waals surface area contributed by atoms with Crippen molar-refractivity contribution in [3.8, 4) is 32.7 Å². The second-order valence-corrected chi connectivity index (χ2v) is 9.49. The van der Waals surface area contributed by atoms with Crippen molar-refractivity contribution in [1.82, 2.24) is 0 Å². The Balaban J connectivity index is 1.69. The number of rotatable bonds is 6. The molecule has 188 valence electrons. The first-order chi connectivity index (χ1) is 18.3. The topological polar surface area (TPSA) is 46.2 Å². The molecular formula is C31H20F3NO2S. The summed E-state index contributed by atoms with van der Waals surface area (Å²) in [6.07, 6.45) is -5.11. The van der Waals surface area contributed by atoms with E-state index in [0.717, 1.165) is 28.0 Å². The minimum Gasteiger partial charge on any atom is -0.309 e. The molecular weight excluding hydrogens is 507 g/mol. The molecule has 0 unspecified atom stereocenters. The Labute approximate surface area is 221 Å². The fourth-order valence-corrected chi connectivity index (χ4v) is 5.39. The van der Waals surface area contributed by atoms with Crippen LogP contribution in [0.15, 0.2) is 115 Å². The van der Waals surface area contributed by atoms with Gasteiger partial charge in [0.05, 0.1) is 5.56 Å². The summed E-state index contributed by atoms with van der Waals surface area (Å²) in [7, 11) is 0. The molecule has 0 radical (unpaired) electrons. The van der Waals surface area contributed by atoms with Crippen LogP contribution in [0.4, 0.5) is 18.2 Å². The number of nitrogens with one attached hydrogen (secondary N) is 1. The summed E-state index contributed by atoms with van der Waals surface area (Å²) in [6.45, 7) is 0. The van der Waals surface area contributed by atoms with Gasteiger partial charge in [-0.1, -0.05) is 115 Å². The number of thiophene rings is 1. The lowest BCUT2D eigenvalue weighted by molar-refractivity contribution is -0.167. The number of carbonyl (C=O) groups excluding carboxylic acids is 2. The lowest BCUT2D eigenvalue weighted by atomic mass is 9.92. The molecule has 0 fully saturated rings. The van der Waals surface area contributed by atoms with Crippen LogP contribution >= 0.6 is 11.3 Å². The van der Waals surface area contributed by atoms with Gasteiger partial charge in [-0.2, -0.15) is 13.2 Å². The molecule has 0 aliphatic heterocycles. The lowest BCUT2D eigenvalue weighted by Gasteiger charge is -2.11. The van der Waals surface area contributed by atoms with Crippen LogP contribution in [0, 0.1) is 0 Å². The van der Waals surface area contributed by atoms with Crippen molar-refractivity contribution >= 4 is 28.0 Å². The van der Waals surface area contributed by atoms with Crippen molar-refractivity contribution in [2.45, 2.75) is 6.18 Å². The molecule has 38 heavy (non-hydrogen) atoms. The zero-order valence-electron chi connectivity index (χ0n) is 19.8. The minimum absolute atomic E-state index is 0.0186. The maximum Gasteiger partial charge on any atom is 0.471 e. The number of hydrogen-bond donors (Lipinski definition) is 1. The molecule has 0 spiro atoms. The van der Waals surface area contributed by atoms with Crippen LogP contribution in [0.2, 0.25) is 0 Å². The average molecular weight is 528 g/mol. The van der Waals surface area contributed by atoms with Gasteiger partial charge >= 0.3 is 12.1 Å². The van der Waals surface area contributed by atoms with Crippen molar-refractivity contribution in [3.63, 3.8) is 0 Å². The third kappa shape index (κ3) is 5.14. The van der Waals surface area contributed by atoms with E-state index in [1.54, 1.807) is 48.5 Å². The average Bonchev–Trinajstić information content (AvgIpc) is 3.32. The Kier molecular flexibility index (Phi) is 6.94. The summed E-state index contributed by atoms with van der Waals surface area (Å²) in [4.78, 5) is 26.5. The monoisotopic (exact) mass is 527 g/mol. The van der Waals surface area contributed by atoms with E-state index in [-0.39, 0.29) is 10.6 Å². The number of hydrogen-bond acceptors (Lipinski definition) is 3. The smallest absolute Gasteiger partial charge is 0.309 e. The summed E-state index contributed by atoms with van der Waals surface area (Å²) in [6, 6.07) is 34.5. The standard InChI is InChI=1S/C31H20F3NO2S/c32-31(33,34)30(37)35-29-26(27(36)23-18-16-21(17-19-23)20-10-4-1-5-11-20)25(22-12-6-2-7-13-22)28(38-29)24-14-8-3-9-15-24/h1-19H,(H,35,37). The predicted molar refractivity (Wildman–Crippen MR) is 145 cm³/mol. The number of carbonyl (C=O) groups is 2. The van der Waals surface area contributed by atoms with Crippen molar-refractivity contribution < 1.29 is 22.8 Å². The number of ketones is 1. The second kappa shape index (κ2) is 10.5. The maximum atomic E-state index is 14.0. The highest BCUT2D eigenvalue weighted by molar-refractivity contribution is 7.20. The van der Waals surface area contributed by atoms with Gasteiger partial charge in [0.15, 0.2) is 5.78 Å². The molecule has 5 aromatic rings. The Morgan fingerprint density at radius 3 is 1.61 bits per heavy atom. The van der Waals surface area contributed by atoms with Gasteiger partial charge in [-0.05, 0) is 22.3 Å². The number of anilines is 1. The van der Waals surface area contributed by atoms with Gasteiger partial charge < -0.3 is 5.32 Å². The summed E-state index contributed by atoms with van der Waals surface area (Å²) in [5.74, 6) is -2.62. The van der Waals surface area contributed by atoms with Crippen LogP contribution < -0.4 is 5.32 Å². The van der Waals surface area contributed by atoms with Gasteiger partial charge in [0.25, 0.3) is 0 Å². The molecule has 3 nitrogen and oxygen atoms in total. The zero-order valence-corrected chi connectivity index (χ0v) is 20.6. The number of amides is 1. The Bertz CT molecular complexity index is 1580. The summed E-state index contributed by atoms with van der Waals surface area (Å²) < 4.78 is 39.8. The number of alkyl halides is 3. The van der Waals surface area contributed by atoms with E-state index >= 15 is 0 Å². The van der Waals surface area contributed by atoms with Crippen LogP contribution in [0.1, 0.15) is 15.9 Å².